The molecule has 0 aliphatic heterocycles. The molecule has 3 N–H and O–H groups in total. The number of amides is 2. The van der Waals surface area contributed by atoms with Crippen LogP contribution in [0, 0.1) is 11.8 Å². The summed E-state index contributed by atoms with van der Waals surface area (Å²) in [7, 11) is 0. The molecule has 1 aliphatic carbocycles. The highest BCUT2D eigenvalue weighted by molar-refractivity contribution is 5.74. The average Bonchev–Trinajstić information content (AvgIpc) is 2.88. The van der Waals surface area contributed by atoms with E-state index < -0.39 is 0 Å². The van der Waals surface area contributed by atoms with Crippen LogP contribution in [0.1, 0.15) is 31.4 Å². The van der Waals surface area contributed by atoms with Crippen molar-refractivity contribution in [2.24, 2.45) is 11.8 Å². The van der Waals surface area contributed by atoms with E-state index in [1.165, 1.54) is 11.1 Å². The second-order valence-corrected chi connectivity index (χ2v) is 6.18. The third kappa shape index (κ3) is 4.46. The van der Waals surface area contributed by atoms with Crippen LogP contribution < -0.4 is 10.6 Å². The van der Waals surface area contributed by atoms with E-state index in [9.17, 15) is 4.79 Å². The lowest BCUT2D eigenvalue weighted by Gasteiger charge is -2.19. The van der Waals surface area contributed by atoms with E-state index in [4.69, 9.17) is 5.11 Å². The van der Waals surface area contributed by atoms with Gasteiger partial charge in [-0.3, -0.25) is 0 Å². The van der Waals surface area contributed by atoms with Gasteiger partial charge in [-0.1, -0.05) is 31.2 Å². The first-order valence-electron chi connectivity index (χ1n) is 7.82. The number of benzene rings is 1. The van der Waals surface area contributed by atoms with Gasteiger partial charge in [0.1, 0.15) is 0 Å². The number of carbonyl (C=O) groups excluding carboxylic acids is 1. The third-order valence-electron chi connectivity index (χ3n) is 4.47. The van der Waals surface area contributed by atoms with E-state index in [1.807, 2.05) is 13.8 Å². The van der Waals surface area contributed by atoms with Gasteiger partial charge in [0.25, 0.3) is 0 Å². The van der Waals surface area contributed by atoms with E-state index in [0.717, 1.165) is 19.3 Å². The lowest BCUT2D eigenvalue weighted by atomic mass is 10.0. The van der Waals surface area contributed by atoms with Crippen molar-refractivity contribution in [1.82, 2.24) is 10.6 Å². The van der Waals surface area contributed by atoms with Crippen molar-refractivity contribution in [3.05, 3.63) is 35.4 Å². The Morgan fingerprint density at radius 1 is 1.29 bits per heavy atom. The molecule has 0 radical (unpaired) electrons. The summed E-state index contributed by atoms with van der Waals surface area (Å²) in [5, 5.41) is 14.8. The zero-order chi connectivity index (χ0) is 15.2. The first-order valence-corrected chi connectivity index (χ1v) is 7.82. The predicted molar refractivity (Wildman–Crippen MR) is 84.2 cm³/mol. The number of hydrogen-bond donors (Lipinski definition) is 3. The fourth-order valence-electron chi connectivity index (χ4n) is 2.80. The van der Waals surface area contributed by atoms with Gasteiger partial charge in [0.2, 0.25) is 0 Å². The van der Waals surface area contributed by atoms with Crippen LogP contribution in [0.5, 0.6) is 0 Å². The van der Waals surface area contributed by atoms with Crippen molar-refractivity contribution < 1.29 is 9.90 Å². The molecule has 4 heteroatoms. The van der Waals surface area contributed by atoms with Crippen LogP contribution >= 0.6 is 0 Å². The second kappa shape index (κ2) is 7.46. The molecule has 2 rings (SSSR count). The highest BCUT2D eigenvalue weighted by atomic mass is 16.3. The summed E-state index contributed by atoms with van der Waals surface area (Å²) in [6.07, 6.45) is 3.25. The average molecular weight is 290 g/mol. The quantitative estimate of drug-likeness (QED) is 0.751. The molecule has 0 unspecified atom stereocenters. The highest BCUT2D eigenvalue weighted by Gasteiger charge is 2.20. The van der Waals surface area contributed by atoms with Gasteiger partial charge in [0, 0.05) is 19.2 Å². The molecule has 21 heavy (non-hydrogen) atoms. The second-order valence-electron chi connectivity index (χ2n) is 6.18. The summed E-state index contributed by atoms with van der Waals surface area (Å²) in [5.41, 5.74) is 2.91. The molecule has 0 saturated carbocycles. The normalized spacial score (nSPS) is 17.1. The molecule has 2 amide bonds. The lowest BCUT2D eigenvalue weighted by Crippen LogP contribution is -2.44. The van der Waals surface area contributed by atoms with Crippen LogP contribution in [0.4, 0.5) is 4.79 Å². The van der Waals surface area contributed by atoms with Crippen LogP contribution in [0.3, 0.4) is 0 Å². The number of nitrogens with one attached hydrogen (secondary N) is 2. The molecular weight excluding hydrogens is 264 g/mol. The van der Waals surface area contributed by atoms with E-state index >= 15 is 0 Å². The summed E-state index contributed by atoms with van der Waals surface area (Å²) in [6, 6.07) is 8.43. The van der Waals surface area contributed by atoms with Gasteiger partial charge in [-0.15, -0.1) is 0 Å². The topological polar surface area (TPSA) is 61.4 Å². The monoisotopic (exact) mass is 290 g/mol. The number of aliphatic hydroxyl groups excluding tert-OH is 1. The SMILES string of the molecule is C[C@H](NC(=O)NCCC1Cc2ccccc2C1)[C@@H](C)CO. The first-order chi connectivity index (χ1) is 10.1. The lowest BCUT2D eigenvalue weighted by molar-refractivity contribution is 0.200. The minimum atomic E-state index is -0.140. The highest BCUT2D eigenvalue weighted by Crippen LogP contribution is 2.28. The number of fused-ring (bicyclic) bond motifs is 1. The van der Waals surface area contributed by atoms with Gasteiger partial charge in [0.15, 0.2) is 0 Å². The minimum Gasteiger partial charge on any atom is -0.396 e. The van der Waals surface area contributed by atoms with Crippen molar-refractivity contribution in [3.8, 4) is 0 Å². The van der Waals surface area contributed by atoms with Crippen molar-refractivity contribution in [2.75, 3.05) is 13.2 Å². The molecule has 1 aromatic carbocycles. The van der Waals surface area contributed by atoms with E-state index in [-0.39, 0.29) is 24.6 Å². The Labute approximate surface area is 126 Å². The van der Waals surface area contributed by atoms with E-state index in [1.54, 1.807) is 0 Å². The molecule has 0 bridgehead atoms. The number of carbonyl (C=O) groups is 1. The van der Waals surface area contributed by atoms with E-state index in [2.05, 4.69) is 34.9 Å². The first kappa shape index (κ1) is 15.8. The third-order valence-corrected chi connectivity index (χ3v) is 4.47. The number of urea groups is 1. The Morgan fingerprint density at radius 2 is 1.90 bits per heavy atom. The van der Waals surface area contributed by atoms with Crippen LogP contribution in [-0.4, -0.2) is 30.3 Å². The maximum Gasteiger partial charge on any atom is 0.315 e. The number of rotatable bonds is 6. The molecule has 0 heterocycles. The summed E-state index contributed by atoms with van der Waals surface area (Å²) in [6.45, 7) is 4.61. The van der Waals surface area contributed by atoms with Crippen LogP contribution in [-0.2, 0) is 12.8 Å². The molecule has 1 aliphatic rings. The van der Waals surface area contributed by atoms with Crippen LogP contribution in [0.15, 0.2) is 24.3 Å². The van der Waals surface area contributed by atoms with Crippen LogP contribution in [0.2, 0.25) is 0 Å². The van der Waals surface area contributed by atoms with Gasteiger partial charge >= 0.3 is 6.03 Å². The fraction of sp³-hybridized carbons (Fsp3) is 0.588. The molecule has 116 valence electrons. The Balaban J connectivity index is 1.66. The largest absolute Gasteiger partial charge is 0.396 e. The smallest absolute Gasteiger partial charge is 0.315 e. The van der Waals surface area contributed by atoms with Crippen molar-refractivity contribution in [2.45, 2.75) is 39.2 Å². The van der Waals surface area contributed by atoms with Crippen molar-refractivity contribution >= 4 is 6.03 Å². The van der Waals surface area contributed by atoms with Gasteiger partial charge in [0.05, 0.1) is 0 Å². The van der Waals surface area contributed by atoms with Crippen molar-refractivity contribution in [1.29, 1.82) is 0 Å². The Bertz CT molecular complexity index is 451. The summed E-state index contributed by atoms with van der Waals surface area (Å²) >= 11 is 0. The number of hydrogen-bond acceptors (Lipinski definition) is 2. The fourth-order valence-corrected chi connectivity index (χ4v) is 2.80. The predicted octanol–water partition coefficient (Wildman–Crippen LogP) is 2.11. The summed E-state index contributed by atoms with van der Waals surface area (Å²) in [5.74, 6) is 0.705. The molecule has 0 spiro atoms. The Morgan fingerprint density at radius 3 is 2.48 bits per heavy atom. The van der Waals surface area contributed by atoms with Gasteiger partial charge in [-0.25, -0.2) is 4.79 Å². The minimum absolute atomic E-state index is 0.0225. The van der Waals surface area contributed by atoms with Crippen LogP contribution in [0.25, 0.3) is 0 Å². The molecule has 1 aromatic rings. The van der Waals surface area contributed by atoms with E-state index in [0.29, 0.717) is 12.5 Å². The van der Waals surface area contributed by atoms with Gasteiger partial charge in [-0.05, 0) is 49.1 Å². The molecule has 0 fully saturated rings. The Kier molecular flexibility index (Phi) is 5.62. The Hall–Kier alpha value is -1.55. The molecule has 0 saturated heterocycles. The maximum absolute atomic E-state index is 11.8. The zero-order valence-corrected chi connectivity index (χ0v) is 12.9. The summed E-state index contributed by atoms with van der Waals surface area (Å²) in [4.78, 5) is 11.8. The molecule has 4 nitrogen and oxygen atoms in total. The molecular formula is C17H26N2O2. The molecule has 2 atom stereocenters. The van der Waals surface area contributed by atoms with Gasteiger partial charge < -0.3 is 15.7 Å². The van der Waals surface area contributed by atoms with Gasteiger partial charge in [-0.2, -0.15) is 0 Å². The maximum atomic E-state index is 11.8. The molecule has 0 aromatic heterocycles. The number of aliphatic hydroxyl groups is 1. The van der Waals surface area contributed by atoms with Crippen molar-refractivity contribution in [3.63, 3.8) is 0 Å². The standard InChI is InChI=1S/C17H26N2O2/c1-12(11-20)13(2)19-17(21)18-8-7-14-9-15-5-3-4-6-16(15)10-14/h3-6,12-14,20H,7-11H2,1-2H3,(H2,18,19,21)/t12-,13-/m0/s1. The zero-order valence-electron chi connectivity index (χ0n) is 12.9. The summed E-state index contributed by atoms with van der Waals surface area (Å²) < 4.78 is 0.